The van der Waals surface area contributed by atoms with E-state index in [0.717, 1.165) is 3.57 Å². The summed E-state index contributed by atoms with van der Waals surface area (Å²) in [4.78, 5) is 24.3. The highest BCUT2D eigenvalue weighted by molar-refractivity contribution is 14.1. The molecule has 1 unspecified atom stereocenters. The Morgan fingerprint density at radius 3 is 2.76 bits per heavy atom. The molecule has 5 nitrogen and oxygen atoms in total. The van der Waals surface area contributed by atoms with Gasteiger partial charge in [-0.3, -0.25) is 4.79 Å². The molecule has 1 fully saturated rings. The van der Waals surface area contributed by atoms with E-state index in [1.807, 2.05) is 22.6 Å². The largest absolute Gasteiger partial charge is 0.478 e. The van der Waals surface area contributed by atoms with Crippen molar-refractivity contribution >= 4 is 40.2 Å². The number of amides is 1. The molecule has 1 aliphatic rings. The lowest BCUT2D eigenvalue weighted by atomic mass is 10.1. The third kappa shape index (κ3) is 2.42. The Labute approximate surface area is 112 Å². The van der Waals surface area contributed by atoms with Gasteiger partial charge in [-0.2, -0.15) is 0 Å². The summed E-state index contributed by atoms with van der Waals surface area (Å²) >= 11 is 2.04. The summed E-state index contributed by atoms with van der Waals surface area (Å²) < 4.78 is 0.819. The molecule has 0 spiro atoms. The van der Waals surface area contributed by atoms with Crippen molar-refractivity contribution in [2.75, 3.05) is 11.4 Å². The minimum Gasteiger partial charge on any atom is -0.478 e. The van der Waals surface area contributed by atoms with Crippen molar-refractivity contribution in [3.8, 4) is 0 Å². The molecule has 3 N–H and O–H groups in total. The van der Waals surface area contributed by atoms with Gasteiger partial charge in [0.2, 0.25) is 5.91 Å². The lowest BCUT2D eigenvalue weighted by Gasteiger charge is -2.18. The van der Waals surface area contributed by atoms with Crippen LogP contribution in [0.1, 0.15) is 16.8 Å². The zero-order valence-corrected chi connectivity index (χ0v) is 11.0. The number of hydrogen-bond donors (Lipinski definition) is 2. The average Bonchev–Trinajstić information content (AvgIpc) is 2.57. The minimum atomic E-state index is -1.04. The summed E-state index contributed by atoms with van der Waals surface area (Å²) in [6.45, 7) is 0.375. The number of carboxylic acids is 1. The minimum absolute atomic E-state index is 0.124. The van der Waals surface area contributed by atoms with Gasteiger partial charge in [-0.15, -0.1) is 0 Å². The summed E-state index contributed by atoms with van der Waals surface area (Å²) in [5, 5.41) is 9.13. The van der Waals surface area contributed by atoms with Crippen molar-refractivity contribution in [1.82, 2.24) is 0 Å². The average molecular weight is 346 g/mol. The lowest BCUT2D eigenvalue weighted by Crippen LogP contribution is -2.29. The van der Waals surface area contributed by atoms with Gasteiger partial charge in [0.25, 0.3) is 0 Å². The van der Waals surface area contributed by atoms with E-state index >= 15 is 0 Å². The van der Waals surface area contributed by atoms with Crippen LogP contribution in [0.4, 0.5) is 5.69 Å². The van der Waals surface area contributed by atoms with Gasteiger partial charge in [0.05, 0.1) is 11.3 Å². The number of nitrogens with two attached hydrogens (primary N) is 1. The van der Waals surface area contributed by atoms with Crippen molar-refractivity contribution in [2.24, 2.45) is 5.73 Å². The van der Waals surface area contributed by atoms with Crippen LogP contribution in [-0.2, 0) is 4.79 Å². The summed E-state index contributed by atoms with van der Waals surface area (Å²) in [7, 11) is 0. The van der Waals surface area contributed by atoms with E-state index in [1.54, 1.807) is 18.2 Å². The molecule has 1 aliphatic heterocycles. The molecular weight excluding hydrogens is 335 g/mol. The number of carbonyl (C=O) groups excluding carboxylic acids is 1. The van der Waals surface area contributed by atoms with Crippen molar-refractivity contribution < 1.29 is 14.7 Å². The number of anilines is 1. The summed E-state index contributed by atoms with van der Waals surface area (Å²) in [5.41, 5.74) is 6.26. The molecular formula is C11H11IN2O3. The van der Waals surface area contributed by atoms with Gasteiger partial charge < -0.3 is 15.7 Å². The third-order valence-corrected chi connectivity index (χ3v) is 3.31. The fourth-order valence-electron chi connectivity index (χ4n) is 1.88. The molecule has 1 amide bonds. The number of aromatic carboxylic acids is 1. The Morgan fingerprint density at radius 1 is 1.53 bits per heavy atom. The molecule has 0 bridgehead atoms. The fourth-order valence-corrected chi connectivity index (χ4v) is 2.37. The van der Waals surface area contributed by atoms with E-state index < -0.39 is 5.97 Å². The lowest BCUT2D eigenvalue weighted by molar-refractivity contribution is -0.117. The SMILES string of the molecule is NC1CC(=O)N(c2ccc(I)cc2C(=O)O)C1. The maximum atomic E-state index is 11.7. The van der Waals surface area contributed by atoms with Crippen LogP contribution in [0.5, 0.6) is 0 Å². The fraction of sp³-hybridized carbons (Fsp3) is 0.273. The first kappa shape index (κ1) is 12.3. The van der Waals surface area contributed by atoms with Crippen molar-refractivity contribution in [3.63, 3.8) is 0 Å². The Balaban J connectivity index is 2.45. The first-order valence-corrected chi connectivity index (χ1v) is 6.15. The highest BCUT2D eigenvalue weighted by atomic mass is 127. The van der Waals surface area contributed by atoms with E-state index in [0.29, 0.717) is 12.2 Å². The van der Waals surface area contributed by atoms with Gasteiger partial charge in [0.15, 0.2) is 0 Å². The Hall–Kier alpha value is -1.15. The molecule has 17 heavy (non-hydrogen) atoms. The Morgan fingerprint density at radius 2 is 2.24 bits per heavy atom. The highest BCUT2D eigenvalue weighted by Crippen LogP contribution is 2.26. The third-order valence-electron chi connectivity index (χ3n) is 2.63. The predicted molar refractivity (Wildman–Crippen MR) is 71.1 cm³/mol. The second kappa shape index (κ2) is 4.61. The predicted octanol–water partition coefficient (Wildman–Crippen LogP) is 1.05. The Kier molecular flexibility index (Phi) is 3.34. The number of benzene rings is 1. The van der Waals surface area contributed by atoms with E-state index in [4.69, 9.17) is 10.8 Å². The quantitative estimate of drug-likeness (QED) is 0.785. The monoisotopic (exact) mass is 346 g/mol. The normalized spacial score (nSPS) is 19.8. The molecule has 1 heterocycles. The van der Waals surface area contributed by atoms with Crippen molar-refractivity contribution in [3.05, 3.63) is 27.3 Å². The van der Waals surface area contributed by atoms with Gasteiger partial charge in [-0.1, -0.05) is 0 Å². The number of rotatable bonds is 2. The van der Waals surface area contributed by atoms with Crippen LogP contribution in [0.2, 0.25) is 0 Å². The van der Waals surface area contributed by atoms with Gasteiger partial charge in [0.1, 0.15) is 0 Å². The molecule has 1 aromatic rings. The topological polar surface area (TPSA) is 83.6 Å². The number of hydrogen-bond acceptors (Lipinski definition) is 3. The molecule has 0 saturated carbocycles. The zero-order chi connectivity index (χ0) is 12.6. The molecule has 1 atom stereocenters. The highest BCUT2D eigenvalue weighted by Gasteiger charge is 2.30. The molecule has 6 heteroatoms. The summed E-state index contributed by atoms with van der Waals surface area (Å²) in [5.74, 6) is -1.16. The van der Waals surface area contributed by atoms with Crippen LogP contribution >= 0.6 is 22.6 Å². The summed E-state index contributed by atoms with van der Waals surface area (Å²) in [6, 6.07) is 4.76. The summed E-state index contributed by atoms with van der Waals surface area (Å²) in [6.07, 6.45) is 0.269. The van der Waals surface area contributed by atoms with Crippen LogP contribution in [-0.4, -0.2) is 29.6 Å². The van der Waals surface area contributed by atoms with Gasteiger partial charge >= 0.3 is 5.97 Å². The maximum Gasteiger partial charge on any atom is 0.337 e. The van der Waals surface area contributed by atoms with Crippen LogP contribution in [0.15, 0.2) is 18.2 Å². The molecule has 0 radical (unpaired) electrons. The number of carboxylic acid groups (broad SMARTS) is 1. The van der Waals surface area contributed by atoms with Crippen molar-refractivity contribution in [1.29, 1.82) is 0 Å². The second-order valence-corrected chi connectivity index (χ2v) is 5.18. The van der Waals surface area contributed by atoms with E-state index in [9.17, 15) is 9.59 Å². The van der Waals surface area contributed by atoms with Gasteiger partial charge in [0, 0.05) is 22.6 Å². The zero-order valence-electron chi connectivity index (χ0n) is 8.89. The van der Waals surface area contributed by atoms with Crippen LogP contribution < -0.4 is 10.6 Å². The molecule has 0 aliphatic carbocycles. The molecule has 90 valence electrons. The van der Waals surface area contributed by atoms with Crippen LogP contribution in [0, 0.1) is 3.57 Å². The van der Waals surface area contributed by atoms with Gasteiger partial charge in [-0.05, 0) is 40.8 Å². The smallest absolute Gasteiger partial charge is 0.337 e. The first-order valence-electron chi connectivity index (χ1n) is 5.08. The number of halogens is 1. The molecule has 1 aromatic carbocycles. The first-order chi connectivity index (χ1) is 7.99. The van der Waals surface area contributed by atoms with E-state index in [-0.39, 0.29) is 23.9 Å². The van der Waals surface area contributed by atoms with E-state index in [1.165, 1.54) is 4.90 Å². The van der Waals surface area contributed by atoms with E-state index in [2.05, 4.69) is 0 Å². The van der Waals surface area contributed by atoms with Crippen molar-refractivity contribution in [2.45, 2.75) is 12.5 Å². The Bertz CT molecular complexity index is 490. The van der Waals surface area contributed by atoms with Crippen LogP contribution in [0.3, 0.4) is 0 Å². The number of carbonyl (C=O) groups is 2. The number of nitrogens with zero attached hydrogens (tertiary/aromatic N) is 1. The molecule has 0 aromatic heterocycles. The standard InChI is InChI=1S/C11H11IN2O3/c12-6-1-2-9(8(3-6)11(16)17)14-5-7(13)4-10(14)15/h1-3,7H,4-5,13H2,(H,16,17). The molecule has 2 rings (SSSR count). The second-order valence-electron chi connectivity index (χ2n) is 3.94. The maximum absolute atomic E-state index is 11.7. The molecule has 1 saturated heterocycles. The van der Waals surface area contributed by atoms with Gasteiger partial charge in [-0.25, -0.2) is 4.79 Å². The van der Waals surface area contributed by atoms with Crippen LogP contribution in [0.25, 0.3) is 0 Å².